The molecule has 3 heterocycles. The summed E-state index contributed by atoms with van der Waals surface area (Å²) in [7, 11) is 0. The third kappa shape index (κ3) is 4.45. The number of hydrogen-bond donors (Lipinski definition) is 0. The van der Waals surface area contributed by atoms with E-state index < -0.39 is 12.5 Å². The van der Waals surface area contributed by atoms with Crippen LogP contribution in [0.25, 0.3) is 11.2 Å². The van der Waals surface area contributed by atoms with Crippen molar-refractivity contribution in [2.75, 3.05) is 24.6 Å². The quantitative estimate of drug-likeness (QED) is 0.597. The van der Waals surface area contributed by atoms with Crippen LogP contribution in [0.2, 0.25) is 5.02 Å². The maximum absolute atomic E-state index is 13.9. The van der Waals surface area contributed by atoms with Gasteiger partial charge in [0.25, 0.3) is 5.92 Å². The van der Waals surface area contributed by atoms with Crippen molar-refractivity contribution >= 4 is 28.6 Å². The van der Waals surface area contributed by atoms with Crippen molar-refractivity contribution < 1.29 is 13.5 Å². The number of benzene rings is 1. The predicted octanol–water partition coefficient (Wildman–Crippen LogP) is 4.19. The Balaban J connectivity index is 1.75. The lowest BCUT2D eigenvalue weighted by molar-refractivity contribution is 0.0257. The Bertz CT molecular complexity index is 1070. The molecule has 1 fully saturated rings. The number of nitrogens with zero attached hydrogens (tertiary/aromatic N) is 6. The van der Waals surface area contributed by atoms with E-state index in [1.54, 1.807) is 10.7 Å². The summed E-state index contributed by atoms with van der Waals surface area (Å²) < 4.78 is 35.1. The molecular formula is C20H23ClF2N6O. The van der Waals surface area contributed by atoms with E-state index in [9.17, 15) is 8.78 Å². The van der Waals surface area contributed by atoms with Gasteiger partial charge in [-0.2, -0.15) is 9.97 Å². The van der Waals surface area contributed by atoms with Gasteiger partial charge in [0, 0.05) is 18.0 Å². The Labute approximate surface area is 178 Å². The maximum atomic E-state index is 13.9. The Morgan fingerprint density at radius 3 is 2.63 bits per heavy atom. The number of fused-ring (bicyclic) bond motifs is 1. The van der Waals surface area contributed by atoms with Gasteiger partial charge in [0.15, 0.2) is 17.0 Å². The number of halogens is 3. The van der Waals surface area contributed by atoms with Gasteiger partial charge in [-0.3, -0.25) is 0 Å². The molecule has 0 amide bonds. The lowest BCUT2D eigenvalue weighted by atomic mass is 9.99. The molecule has 0 radical (unpaired) electrons. The summed E-state index contributed by atoms with van der Waals surface area (Å²) in [6, 6.07) is 7.52. The molecule has 1 aliphatic rings. The van der Waals surface area contributed by atoms with Crippen LogP contribution in [-0.4, -0.2) is 50.6 Å². The molecule has 1 aromatic carbocycles. The highest BCUT2D eigenvalue weighted by Crippen LogP contribution is 2.34. The van der Waals surface area contributed by atoms with Gasteiger partial charge in [0.2, 0.25) is 0 Å². The summed E-state index contributed by atoms with van der Waals surface area (Å²) in [6.07, 6.45) is -0.232. The first-order chi connectivity index (χ1) is 14.1. The van der Waals surface area contributed by atoms with E-state index >= 15 is 0 Å². The number of rotatable bonds is 5. The van der Waals surface area contributed by atoms with Crippen LogP contribution in [0.4, 0.5) is 14.6 Å². The van der Waals surface area contributed by atoms with Crippen LogP contribution in [0.5, 0.6) is 6.01 Å². The molecule has 0 spiro atoms. The Hall–Kier alpha value is -2.55. The summed E-state index contributed by atoms with van der Waals surface area (Å²) in [5.41, 5.74) is 1.51. The van der Waals surface area contributed by atoms with E-state index in [0.29, 0.717) is 35.2 Å². The van der Waals surface area contributed by atoms with Crippen LogP contribution in [-0.2, 0) is 6.54 Å². The monoisotopic (exact) mass is 436 g/mol. The molecule has 0 bridgehead atoms. The zero-order valence-corrected chi connectivity index (χ0v) is 17.8. The van der Waals surface area contributed by atoms with Gasteiger partial charge in [0.1, 0.15) is 0 Å². The Kier molecular flexibility index (Phi) is 5.25. The standard InChI is InChI=1S/C20H23ClF2N6O/c1-19(2,3)12-30-18-24-16(28-9-8-20(22,23)11-28)15-17(25-18)29(27-26-15)10-13-6-4-5-7-14(13)21/h4-7H,8-12H2,1-3H3. The van der Waals surface area contributed by atoms with E-state index in [4.69, 9.17) is 16.3 Å². The van der Waals surface area contributed by atoms with Crippen LogP contribution >= 0.6 is 11.6 Å². The van der Waals surface area contributed by atoms with E-state index in [-0.39, 0.29) is 24.4 Å². The molecule has 3 aromatic rings. The zero-order valence-electron chi connectivity index (χ0n) is 17.1. The summed E-state index contributed by atoms with van der Waals surface area (Å²) in [5.74, 6) is -2.46. The van der Waals surface area contributed by atoms with Crippen LogP contribution in [0.15, 0.2) is 24.3 Å². The van der Waals surface area contributed by atoms with Gasteiger partial charge in [-0.1, -0.05) is 55.8 Å². The largest absolute Gasteiger partial charge is 0.463 e. The fourth-order valence-corrected chi connectivity index (χ4v) is 3.40. The maximum Gasteiger partial charge on any atom is 0.320 e. The average molecular weight is 437 g/mol. The number of aromatic nitrogens is 5. The van der Waals surface area contributed by atoms with Gasteiger partial charge in [-0.05, 0) is 17.0 Å². The van der Waals surface area contributed by atoms with E-state index in [1.165, 1.54) is 4.90 Å². The normalized spacial score (nSPS) is 16.4. The molecule has 0 unspecified atom stereocenters. The van der Waals surface area contributed by atoms with Crippen molar-refractivity contribution in [2.45, 2.75) is 39.7 Å². The molecule has 2 aromatic heterocycles. The first-order valence-electron chi connectivity index (χ1n) is 9.72. The number of alkyl halides is 2. The molecule has 7 nitrogen and oxygen atoms in total. The van der Waals surface area contributed by atoms with Gasteiger partial charge >= 0.3 is 6.01 Å². The number of anilines is 1. The first-order valence-corrected chi connectivity index (χ1v) is 10.1. The summed E-state index contributed by atoms with van der Waals surface area (Å²) >= 11 is 6.28. The first kappa shape index (κ1) is 20.7. The molecule has 0 N–H and O–H groups in total. The highest BCUT2D eigenvalue weighted by molar-refractivity contribution is 6.31. The third-order valence-electron chi connectivity index (χ3n) is 4.71. The minimum absolute atomic E-state index is 0.116. The van der Waals surface area contributed by atoms with E-state index in [2.05, 4.69) is 20.3 Å². The SMILES string of the molecule is CC(C)(C)COc1nc(N2CCC(F)(F)C2)c2nnn(Cc3ccccc3Cl)c2n1. The van der Waals surface area contributed by atoms with Crippen LogP contribution in [0.1, 0.15) is 32.8 Å². The van der Waals surface area contributed by atoms with Crippen molar-refractivity contribution in [2.24, 2.45) is 5.41 Å². The topological polar surface area (TPSA) is 69.0 Å². The fourth-order valence-electron chi connectivity index (χ4n) is 3.20. The minimum atomic E-state index is -2.77. The zero-order chi connectivity index (χ0) is 21.5. The van der Waals surface area contributed by atoms with Crippen LogP contribution in [0, 0.1) is 5.41 Å². The molecule has 30 heavy (non-hydrogen) atoms. The van der Waals surface area contributed by atoms with Crippen molar-refractivity contribution in [1.82, 2.24) is 25.0 Å². The van der Waals surface area contributed by atoms with Crippen molar-refractivity contribution in [3.8, 4) is 6.01 Å². The van der Waals surface area contributed by atoms with Crippen LogP contribution in [0.3, 0.4) is 0 Å². The minimum Gasteiger partial charge on any atom is -0.463 e. The van der Waals surface area contributed by atoms with Crippen LogP contribution < -0.4 is 9.64 Å². The molecular weight excluding hydrogens is 414 g/mol. The molecule has 0 saturated carbocycles. The highest BCUT2D eigenvalue weighted by atomic mass is 35.5. The molecule has 10 heteroatoms. The fraction of sp³-hybridized carbons (Fsp3) is 0.500. The van der Waals surface area contributed by atoms with Crippen molar-refractivity contribution in [1.29, 1.82) is 0 Å². The molecule has 1 saturated heterocycles. The predicted molar refractivity (Wildman–Crippen MR) is 110 cm³/mol. The highest BCUT2D eigenvalue weighted by Gasteiger charge is 2.40. The second-order valence-corrected chi connectivity index (χ2v) is 9.12. The Morgan fingerprint density at radius 1 is 1.20 bits per heavy atom. The molecule has 0 atom stereocenters. The van der Waals surface area contributed by atoms with Gasteiger partial charge in [0.05, 0.1) is 19.7 Å². The summed E-state index contributed by atoms with van der Waals surface area (Å²) in [6.45, 7) is 6.54. The summed E-state index contributed by atoms with van der Waals surface area (Å²) in [4.78, 5) is 10.4. The number of ether oxygens (including phenoxy) is 1. The third-order valence-corrected chi connectivity index (χ3v) is 5.07. The van der Waals surface area contributed by atoms with Crippen molar-refractivity contribution in [3.05, 3.63) is 34.9 Å². The Morgan fingerprint density at radius 2 is 1.97 bits per heavy atom. The summed E-state index contributed by atoms with van der Waals surface area (Å²) in [5, 5.41) is 8.97. The van der Waals surface area contributed by atoms with Gasteiger partial charge in [-0.25, -0.2) is 13.5 Å². The van der Waals surface area contributed by atoms with E-state index in [1.807, 2.05) is 39.0 Å². The van der Waals surface area contributed by atoms with Gasteiger partial charge < -0.3 is 9.64 Å². The average Bonchev–Trinajstić information content (AvgIpc) is 3.24. The molecule has 0 aliphatic carbocycles. The smallest absolute Gasteiger partial charge is 0.320 e. The number of hydrogen-bond acceptors (Lipinski definition) is 6. The second kappa shape index (κ2) is 7.61. The molecule has 160 valence electrons. The molecule has 4 rings (SSSR count). The van der Waals surface area contributed by atoms with Gasteiger partial charge in [-0.15, -0.1) is 5.10 Å². The lowest BCUT2D eigenvalue weighted by Gasteiger charge is -2.20. The van der Waals surface area contributed by atoms with E-state index in [0.717, 1.165) is 5.56 Å². The molecule has 1 aliphatic heterocycles. The lowest BCUT2D eigenvalue weighted by Crippen LogP contribution is -2.26. The second-order valence-electron chi connectivity index (χ2n) is 8.72. The van der Waals surface area contributed by atoms with Crippen molar-refractivity contribution in [3.63, 3.8) is 0 Å².